The zero-order valence-electron chi connectivity index (χ0n) is 20.1. The van der Waals surface area contributed by atoms with Crippen molar-refractivity contribution in [3.05, 3.63) is 24.3 Å². The normalized spacial score (nSPS) is 10.9. The summed E-state index contributed by atoms with van der Waals surface area (Å²) in [5.41, 5.74) is 0. The Morgan fingerprint density at radius 3 is 1.22 bits per heavy atom. The fraction of sp³-hybridized carbons (Fsp3) is 0.731. The van der Waals surface area contributed by atoms with Crippen molar-refractivity contribution in [2.24, 2.45) is 0 Å². The summed E-state index contributed by atoms with van der Waals surface area (Å²) in [6.45, 7) is 2.27. The standard InChI is InChI=1S/C22H42O2.C4H4O4/c1-2-3-4-5-6-7-8-9-10-11-12-13-14-15-16-17-18-19-20-21-22(23)24;5-3(6)1-2-4(7)8/h9-10H,2-8,11-21H2,1H3,(H,23,24);1-2H,(H,5,6)(H,7,8). The number of rotatable bonds is 21. The highest BCUT2D eigenvalue weighted by Gasteiger charge is 1.96. The van der Waals surface area contributed by atoms with Gasteiger partial charge in [0.2, 0.25) is 0 Å². The molecule has 6 heteroatoms. The summed E-state index contributed by atoms with van der Waals surface area (Å²) in [4.78, 5) is 29.5. The lowest BCUT2D eigenvalue weighted by molar-refractivity contribution is -0.137. The predicted molar refractivity (Wildman–Crippen MR) is 130 cm³/mol. The van der Waals surface area contributed by atoms with E-state index in [0.29, 0.717) is 18.6 Å². The van der Waals surface area contributed by atoms with Gasteiger partial charge in [-0.15, -0.1) is 0 Å². The summed E-state index contributed by atoms with van der Waals surface area (Å²) in [5, 5.41) is 24.2. The van der Waals surface area contributed by atoms with E-state index in [-0.39, 0.29) is 0 Å². The van der Waals surface area contributed by atoms with Crippen molar-refractivity contribution in [3.8, 4) is 0 Å². The molecule has 0 aromatic heterocycles. The molecule has 0 radical (unpaired) electrons. The summed E-state index contributed by atoms with van der Waals surface area (Å²) < 4.78 is 0. The van der Waals surface area contributed by atoms with Crippen molar-refractivity contribution >= 4 is 17.9 Å². The Kier molecular flexibility index (Phi) is 27.0. The van der Waals surface area contributed by atoms with Crippen LogP contribution in [0, 0.1) is 0 Å². The predicted octanol–water partition coefficient (Wildman–Crippen LogP) is 7.38. The van der Waals surface area contributed by atoms with Crippen LogP contribution in [0.5, 0.6) is 0 Å². The first kappa shape index (κ1) is 32.1. The van der Waals surface area contributed by atoms with Crippen molar-refractivity contribution in [2.45, 2.75) is 122 Å². The molecule has 0 spiro atoms. The van der Waals surface area contributed by atoms with E-state index < -0.39 is 17.9 Å². The average Bonchev–Trinajstić information content (AvgIpc) is 2.74. The number of aliphatic carboxylic acids is 3. The van der Waals surface area contributed by atoms with E-state index in [1.54, 1.807) is 0 Å². The zero-order chi connectivity index (χ0) is 24.3. The van der Waals surface area contributed by atoms with Crippen LogP contribution in [0.4, 0.5) is 0 Å². The molecule has 0 amide bonds. The van der Waals surface area contributed by atoms with Gasteiger partial charge in [-0.25, -0.2) is 9.59 Å². The Balaban J connectivity index is 0. The summed E-state index contributed by atoms with van der Waals surface area (Å²) in [5.74, 6) is -3.17. The van der Waals surface area contributed by atoms with E-state index >= 15 is 0 Å². The smallest absolute Gasteiger partial charge is 0.328 e. The van der Waals surface area contributed by atoms with Crippen molar-refractivity contribution in [1.29, 1.82) is 0 Å². The average molecular weight is 455 g/mol. The van der Waals surface area contributed by atoms with Gasteiger partial charge >= 0.3 is 17.9 Å². The fourth-order valence-electron chi connectivity index (χ4n) is 3.20. The number of unbranched alkanes of at least 4 members (excludes halogenated alkanes) is 15. The molecule has 0 fully saturated rings. The van der Waals surface area contributed by atoms with Gasteiger partial charge in [0, 0.05) is 18.6 Å². The second-order valence-electron chi connectivity index (χ2n) is 8.15. The molecular weight excluding hydrogens is 408 g/mol. The van der Waals surface area contributed by atoms with Gasteiger partial charge < -0.3 is 15.3 Å². The Morgan fingerprint density at radius 2 is 0.875 bits per heavy atom. The van der Waals surface area contributed by atoms with Crippen molar-refractivity contribution in [1.82, 2.24) is 0 Å². The molecule has 32 heavy (non-hydrogen) atoms. The minimum atomic E-state index is -1.26. The minimum Gasteiger partial charge on any atom is -0.481 e. The molecule has 0 aliphatic rings. The largest absolute Gasteiger partial charge is 0.481 e. The molecule has 0 heterocycles. The van der Waals surface area contributed by atoms with Gasteiger partial charge in [0.25, 0.3) is 0 Å². The van der Waals surface area contributed by atoms with Crippen LogP contribution in [0.25, 0.3) is 0 Å². The van der Waals surface area contributed by atoms with Crippen LogP contribution < -0.4 is 0 Å². The van der Waals surface area contributed by atoms with Crippen molar-refractivity contribution in [3.63, 3.8) is 0 Å². The van der Waals surface area contributed by atoms with Gasteiger partial charge in [-0.05, 0) is 32.1 Å². The third-order valence-corrected chi connectivity index (χ3v) is 5.02. The van der Waals surface area contributed by atoms with Crippen LogP contribution in [-0.4, -0.2) is 33.2 Å². The number of carboxylic acid groups (broad SMARTS) is 3. The molecule has 186 valence electrons. The molecule has 3 N–H and O–H groups in total. The van der Waals surface area contributed by atoms with Crippen LogP contribution in [0.1, 0.15) is 122 Å². The molecule has 0 bridgehead atoms. The first-order valence-electron chi connectivity index (χ1n) is 12.4. The number of carbonyl (C=O) groups is 3. The van der Waals surface area contributed by atoms with Crippen LogP contribution >= 0.6 is 0 Å². The Labute approximate surface area is 194 Å². The van der Waals surface area contributed by atoms with Crippen LogP contribution in [0.2, 0.25) is 0 Å². The van der Waals surface area contributed by atoms with Crippen LogP contribution in [-0.2, 0) is 14.4 Å². The van der Waals surface area contributed by atoms with Crippen molar-refractivity contribution in [2.75, 3.05) is 0 Å². The van der Waals surface area contributed by atoms with Crippen LogP contribution in [0.3, 0.4) is 0 Å². The number of carboxylic acids is 3. The monoisotopic (exact) mass is 454 g/mol. The molecule has 0 saturated heterocycles. The summed E-state index contributed by atoms with van der Waals surface area (Å²) in [6.07, 6.45) is 28.2. The molecule has 0 aromatic carbocycles. The van der Waals surface area contributed by atoms with Gasteiger partial charge in [0.1, 0.15) is 0 Å². The number of hydrogen-bond acceptors (Lipinski definition) is 3. The van der Waals surface area contributed by atoms with Crippen molar-refractivity contribution < 1.29 is 29.7 Å². The number of hydrogen-bond donors (Lipinski definition) is 3. The Bertz CT molecular complexity index is 494. The van der Waals surface area contributed by atoms with Crippen LogP contribution in [0.15, 0.2) is 24.3 Å². The number of allylic oxidation sites excluding steroid dienone is 2. The summed E-state index contributed by atoms with van der Waals surface area (Å²) >= 11 is 0. The molecule has 0 aliphatic carbocycles. The Hall–Kier alpha value is -2.11. The SMILES string of the molecule is CCCCCCCCC=CCCCCCCCCCCCC(=O)O.O=C(O)C=CC(=O)O. The molecular formula is C26H46O6. The maximum Gasteiger partial charge on any atom is 0.328 e. The van der Waals surface area contributed by atoms with E-state index in [1.807, 2.05) is 0 Å². The molecule has 6 nitrogen and oxygen atoms in total. The van der Waals surface area contributed by atoms with E-state index in [2.05, 4.69) is 19.1 Å². The first-order valence-corrected chi connectivity index (χ1v) is 12.4. The highest BCUT2D eigenvalue weighted by Crippen LogP contribution is 2.12. The first-order chi connectivity index (χ1) is 15.4. The third kappa shape index (κ3) is 35.3. The van der Waals surface area contributed by atoms with Gasteiger partial charge in [0.05, 0.1) is 0 Å². The maximum atomic E-state index is 10.4. The lowest BCUT2D eigenvalue weighted by Crippen LogP contribution is -1.93. The molecule has 0 saturated carbocycles. The minimum absolute atomic E-state index is 0.340. The summed E-state index contributed by atoms with van der Waals surface area (Å²) in [7, 11) is 0. The van der Waals surface area contributed by atoms with Gasteiger partial charge in [-0.1, -0.05) is 96.1 Å². The fourth-order valence-corrected chi connectivity index (χ4v) is 3.20. The van der Waals surface area contributed by atoms with Gasteiger partial charge in [0.15, 0.2) is 0 Å². The molecule has 0 unspecified atom stereocenters. The van der Waals surface area contributed by atoms with E-state index in [4.69, 9.17) is 15.3 Å². The topological polar surface area (TPSA) is 112 Å². The molecule has 0 aliphatic heterocycles. The highest BCUT2D eigenvalue weighted by molar-refractivity contribution is 5.89. The third-order valence-electron chi connectivity index (χ3n) is 5.02. The molecule has 0 aromatic rings. The van der Waals surface area contributed by atoms with Gasteiger partial charge in [-0.3, -0.25) is 4.79 Å². The second-order valence-corrected chi connectivity index (χ2v) is 8.15. The summed E-state index contributed by atoms with van der Waals surface area (Å²) in [6, 6.07) is 0. The second kappa shape index (κ2) is 26.9. The molecule has 0 atom stereocenters. The van der Waals surface area contributed by atoms with E-state index in [0.717, 1.165) is 12.8 Å². The quantitative estimate of drug-likeness (QED) is 0.0947. The van der Waals surface area contributed by atoms with E-state index in [9.17, 15) is 14.4 Å². The maximum absolute atomic E-state index is 10.4. The lowest BCUT2D eigenvalue weighted by Gasteiger charge is -2.01. The highest BCUT2D eigenvalue weighted by atomic mass is 16.4. The zero-order valence-corrected chi connectivity index (χ0v) is 20.1. The van der Waals surface area contributed by atoms with E-state index in [1.165, 1.54) is 96.3 Å². The molecule has 0 rings (SSSR count). The lowest BCUT2D eigenvalue weighted by atomic mass is 10.1. The van der Waals surface area contributed by atoms with Gasteiger partial charge in [-0.2, -0.15) is 0 Å². The Morgan fingerprint density at radius 1 is 0.531 bits per heavy atom.